The summed E-state index contributed by atoms with van der Waals surface area (Å²) in [5.41, 5.74) is 1.50. The van der Waals surface area contributed by atoms with Crippen molar-refractivity contribution in [1.82, 2.24) is 0 Å². The number of carbonyl (C=O) groups is 1. The molecule has 0 aliphatic heterocycles. The summed E-state index contributed by atoms with van der Waals surface area (Å²) in [7, 11) is 1.59. The van der Waals surface area contributed by atoms with Crippen LogP contribution in [0, 0.1) is 0 Å². The lowest BCUT2D eigenvalue weighted by Gasteiger charge is -2.03. The van der Waals surface area contributed by atoms with E-state index in [0.29, 0.717) is 22.2 Å². The van der Waals surface area contributed by atoms with Gasteiger partial charge in [-0.15, -0.1) is 0 Å². The Morgan fingerprint density at radius 1 is 1.08 bits per heavy atom. The van der Waals surface area contributed by atoms with Crippen LogP contribution >= 0.6 is 11.6 Å². The fourth-order valence-electron chi connectivity index (χ4n) is 2.26. The van der Waals surface area contributed by atoms with Crippen molar-refractivity contribution in [2.45, 2.75) is 0 Å². The highest BCUT2D eigenvalue weighted by Gasteiger charge is 2.07. The van der Waals surface area contributed by atoms with Crippen molar-refractivity contribution in [3.63, 3.8) is 0 Å². The molecule has 0 bridgehead atoms. The Bertz CT molecular complexity index is 897. The topological polar surface area (TPSA) is 51.5 Å². The summed E-state index contributed by atoms with van der Waals surface area (Å²) in [6, 6.07) is 18.1. The average Bonchev–Trinajstić information content (AvgIpc) is 3.10. The lowest BCUT2D eigenvalue weighted by Crippen LogP contribution is -2.07. The van der Waals surface area contributed by atoms with E-state index in [4.69, 9.17) is 20.8 Å². The molecule has 3 aromatic rings. The molecule has 4 nitrogen and oxygen atoms in total. The summed E-state index contributed by atoms with van der Waals surface area (Å²) in [6.45, 7) is 0. The van der Waals surface area contributed by atoms with Gasteiger partial charge in [-0.1, -0.05) is 23.7 Å². The molecular formula is C20H16ClNO3. The van der Waals surface area contributed by atoms with Gasteiger partial charge < -0.3 is 14.5 Å². The number of hydrogen-bond acceptors (Lipinski definition) is 3. The van der Waals surface area contributed by atoms with E-state index in [0.717, 1.165) is 11.3 Å². The predicted molar refractivity (Wildman–Crippen MR) is 99.8 cm³/mol. The van der Waals surface area contributed by atoms with E-state index in [2.05, 4.69) is 5.32 Å². The van der Waals surface area contributed by atoms with Crippen molar-refractivity contribution in [2.24, 2.45) is 0 Å². The van der Waals surface area contributed by atoms with Crippen LogP contribution in [0.5, 0.6) is 5.75 Å². The third kappa shape index (κ3) is 4.31. The number of rotatable bonds is 5. The molecule has 0 unspecified atom stereocenters. The van der Waals surface area contributed by atoms with Gasteiger partial charge in [0.1, 0.15) is 17.3 Å². The first-order valence-corrected chi connectivity index (χ1v) is 8.01. The second-order valence-electron chi connectivity index (χ2n) is 5.23. The van der Waals surface area contributed by atoms with Crippen molar-refractivity contribution in [1.29, 1.82) is 0 Å². The van der Waals surface area contributed by atoms with Crippen molar-refractivity contribution >= 4 is 29.3 Å². The van der Waals surface area contributed by atoms with E-state index in [9.17, 15) is 4.79 Å². The molecule has 0 saturated heterocycles. The van der Waals surface area contributed by atoms with E-state index < -0.39 is 0 Å². The molecule has 1 heterocycles. The summed E-state index contributed by atoms with van der Waals surface area (Å²) < 4.78 is 10.8. The van der Waals surface area contributed by atoms with Crippen molar-refractivity contribution in [3.8, 4) is 17.1 Å². The minimum atomic E-state index is -0.249. The van der Waals surface area contributed by atoms with Crippen LogP contribution in [-0.2, 0) is 4.79 Å². The molecule has 126 valence electrons. The maximum Gasteiger partial charge on any atom is 0.248 e. The summed E-state index contributed by atoms with van der Waals surface area (Å²) in [5.74, 6) is 1.71. The largest absolute Gasteiger partial charge is 0.497 e. The Balaban J connectivity index is 1.65. The summed E-state index contributed by atoms with van der Waals surface area (Å²) in [6.07, 6.45) is 3.03. The Morgan fingerprint density at radius 3 is 2.56 bits per heavy atom. The molecule has 3 rings (SSSR count). The van der Waals surface area contributed by atoms with Crippen LogP contribution in [0.25, 0.3) is 17.4 Å². The normalized spacial score (nSPS) is 10.8. The first-order chi connectivity index (χ1) is 12.2. The Hall–Kier alpha value is -2.98. The molecule has 0 saturated carbocycles. The first-order valence-electron chi connectivity index (χ1n) is 7.63. The zero-order valence-electron chi connectivity index (χ0n) is 13.5. The van der Waals surface area contributed by atoms with Crippen molar-refractivity contribution < 1.29 is 13.9 Å². The quantitative estimate of drug-likeness (QED) is 0.636. The average molecular weight is 354 g/mol. The van der Waals surface area contributed by atoms with Gasteiger partial charge in [-0.25, -0.2) is 0 Å². The fourth-order valence-corrected chi connectivity index (χ4v) is 2.49. The van der Waals surface area contributed by atoms with Gasteiger partial charge in [0.05, 0.1) is 12.1 Å². The number of hydrogen-bond donors (Lipinski definition) is 1. The van der Waals surface area contributed by atoms with Crippen LogP contribution in [0.4, 0.5) is 5.69 Å². The molecule has 1 aromatic heterocycles. The summed E-state index contributed by atoms with van der Waals surface area (Å²) in [4.78, 5) is 12.0. The van der Waals surface area contributed by atoms with Gasteiger partial charge in [-0.3, -0.25) is 4.79 Å². The number of ether oxygens (including phenoxy) is 1. The van der Waals surface area contributed by atoms with E-state index >= 15 is 0 Å². The van der Waals surface area contributed by atoms with Crippen LogP contribution in [0.15, 0.2) is 71.2 Å². The van der Waals surface area contributed by atoms with E-state index in [-0.39, 0.29) is 5.91 Å². The zero-order valence-corrected chi connectivity index (χ0v) is 14.3. The lowest BCUT2D eigenvalue weighted by molar-refractivity contribution is -0.111. The van der Waals surface area contributed by atoms with E-state index in [1.807, 2.05) is 24.3 Å². The minimum Gasteiger partial charge on any atom is -0.497 e. The number of anilines is 1. The summed E-state index contributed by atoms with van der Waals surface area (Å²) in [5, 5.41) is 3.38. The Kier molecular flexibility index (Phi) is 5.21. The number of furan rings is 1. The van der Waals surface area contributed by atoms with Crippen LogP contribution in [0.3, 0.4) is 0 Å². The number of benzene rings is 2. The van der Waals surface area contributed by atoms with Gasteiger partial charge in [0.2, 0.25) is 5.91 Å². The molecule has 2 aromatic carbocycles. The zero-order chi connectivity index (χ0) is 17.6. The van der Waals surface area contributed by atoms with Crippen molar-refractivity contribution in [3.05, 3.63) is 77.5 Å². The van der Waals surface area contributed by atoms with E-state index in [1.54, 1.807) is 49.6 Å². The maximum atomic E-state index is 12.0. The summed E-state index contributed by atoms with van der Waals surface area (Å²) >= 11 is 6.16. The molecule has 0 aliphatic carbocycles. The van der Waals surface area contributed by atoms with Crippen LogP contribution in [0.2, 0.25) is 5.02 Å². The highest BCUT2D eigenvalue weighted by atomic mass is 35.5. The van der Waals surface area contributed by atoms with Crippen LogP contribution < -0.4 is 10.1 Å². The van der Waals surface area contributed by atoms with E-state index in [1.165, 1.54) is 6.08 Å². The molecule has 5 heteroatoms. The molecule has 0 aliphatic rings. The number of halogens is 1. The third-order valence-electron chi connectivity index (χ3n) is 3.52. The van der Waals surface area contributed by atoms with Crippen LogP contribution in [-0.4, -0.2) is 13.0 Å². The Morgan fingerprint density at radius 2 is 1.84 bits per heavy atom. The lowest BCUT2D eigenvalue weighted by atomic mass is 10.2. The molecule has 1 N–H and O–H groups in total. The standard InChI is InChI=1S/C20H16ClNO3/c1-24-15-8-6-14(7-9-15)22-20(23)13-11-16-10-12-19(25-16)17-4-2-3-5-18(17)21/h2-13H,1H3,(H,22,23). The highest BCUT2D eigenvalue weighted by molar-refractivity contribution is 6.33. The molecule has 0 fully saturated rings. The van der Waals surface area contributed by atoms with Gasteiger partial charge in [-0.05, 0) is 54.6 Å². The van der Waals surface area contributed by atoms with Gasteiger partial charge in [0, 0.05) is 17.3 Å². The van der Waals surface area contributed by atoms with Gasteiger partial charge in [0.15, 0.2) is 0 Å². The predicted octanol–water partition coefficient (Wildman–Crippen LogP) is 5.26. The SMILES string of the molecule is COc1ccc(NC(=O)C=Cc2ccc(-c3ccccc3Cl)o2)cc1. The molecule has 0 atom stereocenters. The minimum absolute atomic E-state index is 0.249. The molecule has 25 heavy (non-hydrogen) atoms. The molecule has 0 radical (unpaired) electrons. The first kappa shape index (κ1) is 16.9. The van der Waals surface area contributed by atoms with Crippen LogP contribution in [0.1, 0.15) is 5.76 Å². The second-order valence-corrected chi connectivity index (χ2v) is 5.64. The monoisotopic (exact) mass is 353 g/mol. The number of amides is 1. The number of carbonyl (C=O) groups excluding carboxylic acids is 1. The second kappa shape index (κ2) is 7.73. The van der Waals surface area contributed by atoms with Crippen molar-refractivity contribution in [2.75, 3.05) is 12.4 Å². The maximum absolute atomic E-state index is 12.0. The molecular weight excluding hydrogens is 338 g/mol. The third-order valence-corrected chi connectivity index (χ3v) is 3.85. The number of methoxy groups -OCH3 is 1. The smallest absolute Gasteiger partial charge is 0.248 e. The molecule has 0 spiro atoms. The van der Waals surface area contributed by atoms with Gasteiger partial charge in [0.25, 0.3) is 0 Å². The van der Waals surface area contributed by atoms with Gasteiger partial charge >= 0.3 is 0 Å². The number of nitrogens with one attached hydrogen (secondary N) is 1. The Labute approximate surface area is 150 Å². The molecule has 1 amide bonds. The van der Waals surface area contributed by atoms with Gasteiger partial charge in [-0.2, -0.15) is 0 Å². The fraction of sp³-hybridized carbons (Fsp3) is 0.0500. The highest BCUT2D eigenvalue weighted by Crippen LogP contribution is 2.29.